The van der Waals surface area contributed by atoms with Gasteiger partial charge in [-0.3, -0.25) is 15.0 Å². The highest BCUT2D eigenvalue weighted by Gasteiger charge is 2.36. The Labute approximate surface area is 126 Å². The Morgan fingerprint density at radius 3 is 2.70 bits per heavy atom. The van der Waals surface area contributed by atoms with Crippen molar-refractivity contribution in [1.29, 1.82) is 0 Å². The first kappa shape index (κ1) is 18.9. The van der Waals surface area contributed by atoms with E-state index < -0.39 is 6.03 Å². The molecule has 1 rings (SSSR count). The minimum absolute atomic E-state index is 0. The molecule has 0 aromatic rings. The van der Waals surface area contributed by atoms with Gasteiger partial charge in [0.15, 0.2) is 0 Å². The van der Waals surface area contributed by atoms with Crippen LogP contribution >= 0.6 is 12.4 Å². The Kier molecular flexibility index (Phi) is 7.78. The van der Waals surface area contributed by atoms with Gasteiger partial charge in [0.05, 0.1) is 6.04 Å². The van der Waals surface area contributed by atoms with Crippen LogP contribution in [0.25, 0.3) is 0 Å². The molecule has 1 saturated heterocycles. The lowest BCUT2D eigenvalue weighted by Gasteiger charge is -2.26. The molecule has 1 aliphatic rings. The molecule has 20 heavy (non-hydrogen) atoms. The van der Waals surface area contributed by atoms with E-state index in [0.29, 0.717) is 13.1 Å². The number of nitrogens with two attached hydrogens (primary N) is 1. The third-order valence-electron chi connectivity index (χ3n) is 3.65. The standard InChI is InChI=1S/C13H24N4O2.ClH/c1-4-6-15-12(19)16-11(18)10(2)17-7-5-13(3,8-14)9-17;/h4,10H,1,5-9,14H2,2-3H3,(H2,15,16,18,19);1H. The number of nitrogens with one attached hydrogen (secondary N) is 2. The molecule has 4 N–H and O–H groups in total. The van der Waals surface area contributed by atoms with Crippen LogP contribution in [0.1, 0.15) is 20.3 Å². The summed E-state index contributed by atoms with van der Waals surface area (Å²) in [7, 11) is 0. The predicted octanol–water partition coefficient (Wildman–Crippen LogP) is 0.479. The van der Waals surface area contributed by atoms with Crippen molar-refractivity contribution >= 4 is 24.3 Å². The summed E-state index contributed by atoms with van der Waals surface area (Å²) in [5, 5.41) is 4.84. The van der Waals surface area contributed by atoms with Crippen LogP contribution in [0, 0.1) is 5.41 Å². The zero-order valence-electron chi connectivity index (χ0n) is 12.1. The van der Waals surface area contributed by atoms with Crippen molar-refractivity contribution < 1.29 is 9.59 Å². The lowest BCUT2D eigenvalue weighted by molar-refractivity contribution is -0.124. The van der Waals surface area contributed by atoms with Gasteiger partial charge in [0.2, 0.25) is 5.91 Å². The zero-order valence-corrected chi connectivity index (χ0v) is 13.0. The lowest BCUT2D eigenvalue weighted by atomic mass is 9.90. The maximum atomic E-state index is 11.9. The largest absolute Gasteiger partial charge is 0.334 e. The van der Waals surface area contributed by atoms with E-state index in [1.54, 1.807) is 13.0 Å². The van der Waals surface area contributed by atoms with E-state index in [9.17, 15) is 9.59 Å². The Hall–Kier alpha value is -1.11. The number of hydrogen-bond donors (Lipinski definition) is 3. The second kappa shape index (κ2) is 8.24. The first-order chi connectivity index (χ1) is 8.91. The van der Waals surface area contributed by atoms with E-state index >= 15 is 0 Å². The Balaban J connectivity index is 0.00000361. The average Bonchev–Trinajstić information content (AvgIpc) is 2.78. The van der Waals surface area contributed by atoms with Crippen LogP contribution in [-0.2, 0) is 4.79 Å². The van der Waals surface area contributed by atoms with Crippen LogP contribution in [0.4, 0.5) is 4.79 Å². The molecular formula is C13H25ClN4O2. The SMILES string of the molecule is C=CCNC(=O)NC(=O)C(C)N1CCC(C)(CN)C1.Cl. The zero-order chi connectivity index (χ0) is 14.5. The van der Waals surface area contributed by atoms with Crippen LogP contribution < -0.4 is 16.4 Å². The average molecular weight is 305 g/mol. The van der Waals surface area contributed by atoms with Crippen molar-refractivity contribution in [2.24, 2.45) is 11.1 Å². The van der Waals surface area contributed by atoms with Gasteiger partial charge in [-0.15, -0.1) is 19.0 Å². The number of amides is 3. The molecule has 0 aromatic carbocycles. The van der Waals surface area contributed by atoms with Gasteiger partial charge in [-0.05, 0) is 31.8 Å². The summed E-state index contributed by atoms with van der Waals surface area (Å²) in [4.78, 5) is 25.4. The van der Waals surface area contributed by atoms with Crippen molar-refractivity contribution in [3.63, 3.8) is 0 Å². The molecule has 2 unspecified atom stereocenters. The van der Waals surface area contributed by atoms with E-state index in [0.717, 1.165) is 19.5 Å². The fourth-order valence-corrected chi connectivity index (χ4v) is 2.15. The number of likely N-dealkylation sites (tertiary alicyclic amines) is 1. The number of rotatable bonds is 5. The summed E-state index contributed by atoms with van der Waals surface area (Å²) in [6.45, 7) is 9.97. The predicted molar refractivity (Wildman–Crippen MR) is 81.8 cm³/mol. The van der Waals surface area contributed by atoms with Crippen LogP contribution in [-0.4, -0.2) is 49.1 Å². The lowest BCUT2D eigenvalue weighted by Crippen LogP contribution is -2.49. The molecular weight excluding hydrogens is 280 g/mol. The van der Waals surface area contributed by atoms with Gasteiger partial charge in [0, 0.05) is 13.1 Å². The molecule has 0 aromatic heterocycles. The molecule has 0 spiro atoms. The normalized spacial score (nSPS) is 23.6. The van der Waals surface area contributed by atoms with Crippen LogP contribution in [0.3, 0.4) is 0 Å². The minimum Gasteiger partial charge on any atom is -0.334 e. The highest BCUT2D eigenvalue weighted by Crippen LogP contribution is 2.29. The Morgan fingerprint density at radius 2 is 2.20 bits per heavy atom. The van der Waals surface area contributed by atoms with Crippen molar-refractivity contribution in [1.82, 2.24) is 15.5 Å². The van der Waals surface area contributed by atoms with E-state index in [2.05, 4.69) is 29.0 Å². The van der Waals surface area contributed by atoms with Crippen LogP contribution in [0.5, 0.6) is 0 Å². The monoisotopic (exact) mass is 304 g/mol. The van der Waals surface area contributed by atoms with E-state index in [4.69, 9.17) is 5.73 Å². The molecule has 1 aliphatic heterocycles. The summed E-state index contributed by atoms with van der Waals surface area (Å²) >= 11 is 0. The number of nitrogens with zero attached hydrogens (tertiary/aromatic N) is 1. The molecule has 0 radical (unpaired) electrons. The molecule has 1 fully saturated rings. The number of imide groups is 1. The molecule has 1 heterocycles. The van der Waals surface area contributed by atoms with Gasteiger partial charge in [0.25, 0.3) is 0 Å². The molecule has 0 saturated carbocycles. The van der Waals surface area contributed by atoms with Gasteiger partial charge in [-0.2, -0.15) is 0 Å². The fourth-order valence-electron chi connectivity index (χ4n) is 2.15. The quantitative estimate of drug-likeness (QED) is 0.645. The molecule has 6 nitrogen and oxygen atoms in total. The highest BCUT2D eigenvalue weighted by atomic mass is 35.5. The molecule has 0 bridgehead atoms. The summed E-state index contributed by atoms with van der Waals surface area (Å²) in [6.07, 6.45) is 2.53. The number of carbonyl (C=O) groups excluding carboxylic acids is 2. The molecule has 0 aliphatic carbocycles. The van der Waals surface area contributed by atoms with Crippen molar-refractivity contribution in [3.8, 4) is 0 Å². The van der Waals surface area contributed by atoms with E-state index in [-0.39, 0.29) is 29.8 Å². The second-order valence-corrected chi connectivity index (χ2v) is 5.40. The Morgan fingerprint density at radius 1 is 1.55 bits per heavy atom. The summed E-state index contributed by atoms with van der Waals surface area (Å²) in [5.74, 6) is -0.289. The summed E-state index contributed by atoms with van der Waals surface area (Å²) < 4.78 is 0. The maximum Gasteiger partial charge on any atom is 0.321 e. The number of halogens is 1. The van der Waals surface area contributed by atoms with Gasteiger partial charge >= 0.3 is 6.03 Å². The minimum atomic E-state index is -0.488. The van der Waals surface area contributed by atoms with Gasteiger partial charge in [-0.25, -0.2) is 4.79 Å². The summed E-state index contributed by atoms with van der Waals surface area (Å²) in [5.41, 5.74) is 5.81. The smallest absolute Gasteiger partial charge is 0.321 e. The van der Waals surface area contributed by atoms with Crippen molar-refractivity contribution in [3.05, 3.63) is 12.7 Å². The molecule has 3 amide bonds. The molecule has 2 atom stereocenters. The van der Waals surface area contributed by atoms with E-state index in [1.807, 2.05) is 0 Å². The summed E-state index contributed by atoms with van der Waals surface area (Å²) in [6, 6.07) is -0.819. The van der Waals surface area contributed by atoms with Gasteiger partial charge in [0.1, 0.15) is 0 Å². The first-order valence-electron chi connectivity index (χ1n) is 6.55. The second-order valence-electron chi connectivity index (χ2n) is 5.40. The fraction of sp³-hybridized carbons (Fsp3) is 0.692. The van der Waals surface area contributed by atoms with Crippen molar-refractivity contribution in [2.45, 2.75) is 26.3 Å². The van der Waals surface area contributed by atoms with Crippen LogP contribution in [0.15, 0.2) is 12.7 Å². The number of carbonyl (C=O) groups is 2. The van der Waals surface area contributed by atoms with Gasteiger partial charge < -0.3 is 11.1 Å². The highest BCUT2D eigenvalue weighted by molar-refractivity contribution is 5.96. The number of urea groups is 1. The van der Waals surface area contributed by atoms with Crippen molar-refractivity contribution in [2.75, 3.05) is 26.2 Å². The van der Waals surface area contributed by atoms with Crippen LogP contribution in [0.2, 0.25) is 0 Å². The van der Waals surface area contributed by atoms with E-state index in [1.165, 1.54) is 0 Å². The Bertz CT molecular complexity index is 364. The third kappa shape index (κ3) is 5.11. The number of hydrogen-bond acceptors (Lipinski definition) is 4. The maximum absolute atomic E-state index is 11.9. The topological polar surface area (TPSA) is 87.5 Å². The molecule has 116 valence electrons. The molecule has 7 heteroatoms. The third-order valence-corrected chi connectivity index (χ3v) is 3.65. The van der Waals surface area contributed by atoms with Gasteiger partial charge in [-0.1, -0.05) is 13.0 Å². The first-order valence-corrected chi connectivity index (χ1v) is 6.55.